The summed E-state index contributed by atoms with van der Waals surface area (Å²) in [6.07, 6.45) is 9.25. The molecule has 0 N–H and O–H groups in total. The molecule has 0 heterocycles. The first kappa shape index (κ1) is 16.7. The third-order valence-corrected chi connectivity index (χ3v) is 7.50. The number of carbonyl (C=O) groups excluding carboxylic acids is 3. The molecule has 3 saturated carbocycles. The van der Waals surface area contributed by atoms with Crippen molar-refractivity contribution < 1.29 is 19.1 Å². The quantitative estimate of drug-likeness (QED) is 0.685. The van der Waals surface area contributed by atoms with Crippen LogP contribution in [0.2, 0.25) is 0 Å². The second-order valence-electron chi connectivity index (χ2n) is 8.75. The minimum Gasteiger partial charge on any atom is -0.462 e. The molecule has 1 unspecified atom stereocenters. The molecule has 134 valence electrons. The van der Waals surface area contributed by atoms with Crippen LogP contribution in [0.5, 0.6) is 0 Å². The number of carbonyl (C=O) groups is 3. The third-order valence-electron chi connectivity index (χ3n) is 7.50. The molecule has 0 aromatic heterocycles. The summed E-state index contributed by atoms with van der Waals surface area (Å²) in [5.74, 6) is 0.952. The van der Waals surface area contributed by atoms with Gasteiger partial charge in [-0.15, -0.1) is 0 Å². The Labute approximate surface area is 148 Å². The highest BCUT2D eigenvalue weighted by Gasteiger charge is 2.62. The zero-order chi connectivity index (χ0) is 18.0. The van der Waals surface area contributed by atoms with Crippen LogP contribution in [0, 0.1) is 28.6 Å². The Morgan fingerprint density at radius 3 is 2.68 bits per heavy atom. The lowest BCUT2D eigenvalue weighted by Crippen LogP contribution is -2.57. The van der Waals surface area contributed by atoms with Crippen LogP contribution in [0.15, 0.2) is 23.8 Å². The molecule has 4 heteroatoms. The zero-order valence-corrected chi connectivity index (χ0v) is 15.2. The number of ether oxygens (including phenoxy) is 1. The Bertz CT molecular complexity index is 717. The summed E-state index contributed by atoms with van der Waals surface area (Å²) in [6.45, 7) is 5.70. The molecule has 0 bridgehead atoms. The van der Waals surface area contributed by atoms with Crippen molar-refractivity contribution in [1.82, 2.24) is 0 Å². The van der Waals surface area contributed by atoms with E-state index in [-0.39, 0.29) is 34.6 Å². The fraction of sp³-hybridized carbons (Fsp3) is 0.667. The normalized spacial score (nSPS) is 45.3. The van der Waals surface area contributed by atoms with E-state index in [1.54, 1.807) is 12.2 Å². The van der Waals surface area contributed by atoms with Gasteiger partial charge in [0, 0.05) is 30.1 Å². The Balaban J connectivity index is 1.80. The van der Waals surface area contributed by atoms with Crippen molar-refractivity contribution >= 4 is 17.5 Å². The second kappa shape index (κ2) is 5.39. The Morgan fingerprint density at radius 2 is 1.96 bits per heavy atom. The summed E-state index contributed by atoms with van der Waals surface area (Å²) in [4.78, 5) is 36.3. The van der Waals surface area contributed by atoms with E-state index in [2.05, 4.69) is 13.8 Å². The lowest BCUT2D eigenvalue weighted by molar-refractivity contribution is -0.171. The summed E-state index contributed by atoms with van der Waals surface area (Å²) in [5.41, 5.74) is 0.531. The number of ketones is 2. The number of hydrogen-bond donors (Lipinski definition) is 0. The van der Waals surface area contributed by atoms with Crippen molar-refractivity contribution in [3.05, 3.63) is 23.8 Å². The van der Waals surface area contributed by atoms with Crippen LogP contribution in [0.4, 0.5) is 0 Å². The van der Waals surface area contributed by atoms with Crippen LogP contribution in [-0.2, 0) is 19.1 Å². The van der Waals surface area contributed by atoms with Crippen LogP contribution in [0.25, 0.3) is 0 Å². The zero-order valence-electron chi connectivity index (χ0n) is 15.2. The van der Waals surface area contributed by atoms with Crippen molar-refractivity contribution in [3.63, 3.8) is 0 Å². The maximum atomic E-state index is 12.6. The van der Waals surface area contributed by atoms with E-state index >= 15 is 0 Å². The number of allylic oxidation sites excluding steroid dienone is 4. The number of Topliss-reactive ketones (excluding diaryl/α,β-unsaturated/α-hetero) is 1. The van der Waals surface area contributed by atoms with Gasteiger partial charge in [-0.05, 0) is 49.7 Å². The molecular weight excluding hydrogens is 316 g/mol. The maximum Gasteiger partial charge on any atom is 0.302 e. The van der Waals surface area contributed by atoms with Gasteiger partial charge in [-0.3, -0.25) is 14.4 Å². The average molecular weight is 342 g/mol. The van der Waals surface area contributed by atoms with E-state index < -0.39 is 0 Å². The summed E-state index contributed by atoms with van der Waals surface area (Å²) >= 11 is 0. The minimum atomic E-state index is -0.368. The molecule has 3 fully saturated rings. The van der Waals surface area contributed by atoms with Crippen molar-refractivity contribution in [2.24, 2.45) is 28.6 Å². The van der Waals surface area contributed by atoms with Crippen molar-refractivity contribution in [2.75, 3.05) is 0 Å². The van der Waals surface area contributed by atoms with E-state index in [0.29, 0.717) is 30.5 Å². The van der Waals surface area contributed by atoms with E-state index in [4.69, 9.17) is 4.74 Å². The van der Waals surface area contributed by atoms with Gasteiger partial charge in [0.25, 0.3) is 0 Å². The van der Waals surface area contributed by atoms with Gasteiger partial charge in [0.15, 0.2) is 5.78 Å². The molecule has 0 amide bonds. The van der Waals surface area contributed by atoms with Gasteiger partial charge in [0.2, 0.25) is 0 Å². The number of fused-ring (bicyclic) bond motifs is 5. The monoisotopic (exact) mass is 342 g/mol. The lowest BCUT2D eigenvalue weighted by Gasteiger charge is -2.57. The van der Waals surface area contributed by atoms with Gasteiger partial charge in [-0.1, -0.05) is 25.5 Å². The molecule has 0 aromatic carbocycles. The van der Waals surface area contributed by atoms with Gasteiger partial charge >= 0.3 is 5.97 Å². The van der Waals surface area contributed by atoms with Crippen molar-refractivity contribution in [2.45, 2.75) is 59.0 Å². The standard InChI is InChI=1S/C21H26O4/c1-12(22)25-17-11-21(3)16(6-7-18(21)24)15-5-4-13-10-14(23)8-9-20(13,2)19(15)17/h8-10,15-17,19H,4-7,11H2,1-3H3/t15-,16-,17?,19-,20-,21-/m0/s1. The second-order valence-corrected chi connectivity index (χ2v) is 8.75. The first-order valence-corrected chi connectivity index (χ1v) is 9.40. The van der Waals surface area contributed by atoms with E-state index in [1.165, 1.54) is 6.92 Å². The van der Waals surface area contributed by atoms with Crippen LogP contribution < -0.4 is 0 Å². The van der Waals surface area contributed by atoms with Crippen LogP contribution >= 0.6 is 0 Å². The molecule has 25 heavy (non-hydrogen) atoms. The fourth-order valence-corrected chi connectivity index (χ4v) is 6.39. The molecule has 4 aliphatic carbocycles. The first-order valence-electron chi connectivity index (χ1n) is 9.40. The highest BCUT2D eigenvalue weighted by molar-refractivity contribution is 6.01. The molecule has 0 aromatic rings. The van der Waals surface area contributed by atoms with Crippen LogP contribution in [0.3, 0.4) is 0 Å². The molecular formula is C21H26O4. The summed E-state index contributed by atoms with van der Waals surface area (Å²) in [6, 6.07) is 0. The maximum absolute atomic E-state index is 12.6. The molecule has 0 saturated heterocycles. The Morgan fingerprint density at radius 1 is 1.20 bits per heavy atom. The molecule has 4 rings (SSSR count). The van der Waals surface area contributed by atoms with Gasteiger partial charge in [0.05, 0.1) is 0 Å². The Kier molecular flexibility index (Phi) is 3.61. The van der Waals surface area contributed by atoms with Crippen molar-refractivity contribution in [3.8, 4) is 0 Å². The van der Waals surface area contributed by atoms with Gasteiger partial charge < -0.3 is 4.74 Å². The summed E-state index contributed by atoms with van der Waals surface area (Å²) in [5, 5.41) is 0. The topological polar surface area (TPSA) is 60.4 Å². The highest BCUT2D eigenvalue weighted by atomic mass is 16.5. The predicted octanol–water partition coefficient (Wildman–Crippen LogP) is 3.41. The molecule has 0 aliphatic heterocycles. The molecule has 0 radical (unpaired) electrons. The van der Waals surface area contributed by atoms with E-state index in [0.717, 1.165) is 24.8 Å². The van der Waals surface area contributed by atoms with Crippen LogP contribution in [0.1, 0.15) is 52.9 Å². The van der Waals surface area contributed by atoms with E-state index in [9.17, 15) is 14.4 Å². The van der Waals surface area contributed by atoms with Crippen LogP contribution in [-0.4, -0.2) is 23.6 Å². The van der Waals surface area contributed by atoms with Crippen molar-refractivity contribution in [1.29, 1.82) is 0 Å². The Hall–Kier alpha value is -1.71. The molecule has 4 aliphatic rings. The van der Waals surface area contributed by atoms with Gasteiger partial charge in [0.1, 0.15) is 11.9 Å². The fourth-order valence-electron chi connectivity index (χ4n) is 6.39. The SMILES string of the molecule is CC(=O)OC1C[C@]2(C)C(=O)CC[C@H]2[C@@H]2CCC3=CC(=O)C=C[C@]3(C)[C@H]12. The number of hydrogen-bond acceptors (Lipinski definition) is 4. The largest absolute Gasteiger partial charge is 0.462 e. The summed E-state index contributed by atoms with van der Waals surface area (Å²) < 4.78 is 5.79. The molecule has 4 nitrogen and oxygen atoms in total. The lowest BCUT2D eigenvalue weighted by atomic mass is 9.47. The van der Waals surface area contributed by atoms with E-state index in [1.807, 2.05) is 6.08 Å². The number of rotatable bonds is 1. The smallest absolute Gasteiger partial charge is 0.302 e. The third kappa shape index (κ3) is 2.29. The summed E-state index contributed by atoms with van der Waals surface area (Å²) in [7, 11) is 0. The highest BCUT2D eigenvalue weighted by Crippen LogP contribution is 2.64. The predicted molar refractivity (Wildman–Crippen MR) is 92.6 cm³/mol. The van der Waals surface area contributed by atoms with Gasteiger partial charge in [-0.25, -0.2) is 0 Å². The molecule has 6 atom stereocenters. The van der Waals surface area contributed by atoms with Gasteiger partial charge in [-0.2, -0.15) is 0 Å². The average Bonchev–Trinajstić information content (AvgIpc) is 2.82. The number of esters is 1. The minimum absolute atomic E-state index is 0.0478. The molecule has 0 spiro atoms. The first-order chi connectivity index (χ1) is 11.8.